The number of ether oxygens (including phenoxy) is 1. The van der Waals surface area contributed by atoms with Crippen molar-refractivity contribution >= 4 is 34.0 Å². The van der Waals surface area contributed by atoms with Gasteiger partial charge in [-0.3, -0.25) is 9.48 Å². The van der Waals surface area contributed by atoms with E-state index in [0.717, 1.165) is 10.9 Å². The first kappa shape index (κ1) is 14.0. The molecule has 1 aromatic heterocycles. The number of carbonyl (C=O) groups is 1. The third-order valence-corrected chi connectivity index (χ3v) is 3.89. The molecule has 1 atom stereocenters. The molecule has 1 amide bonds. The molecule has 1 aromatic carbocycles. The standard InChI is InChI=1S/C14H16N4O2S/c1-17-10-5-3-2-4-9(10)12(16-17)14(19)18-6-7-20-11(8-18)13(15)21/h2-5,11H,6-8H2,1H3,(H2,15,21). The molecule has 6 nitrogen and oxygen atoms in total. The van der Waals surface area contributed by atoms with Crippen molar-refractivity contribution in [3.63, 3.8) is 0 Å². The summed E-state index contributed by atoms with van der Waals surface area (Å²) in [6, 6.07) is 7.67. The molecule has 1 fully saturated rings. The van der Waals surface area contributed by atoms with Gasteiger partial charge in [0.1, 0.15) is 11.1 Å². The summed E-state index contributed by atoms with van der Waals surface area (Å²) in [6.07, 6.45) is -0.382. The summed E-state index contributed by atoms with van der Waals surface area (Å²) >= 11 is 4.95. The van der Waals surface area contributed by atoms with Gasteiger partial charge in [0.15, 0.2) is 5.69 Å². The van der Waals surface area contributed by atoms with Crippen molar-refractivity contribution in [3.8, 4) is 0 Å². The maximum absolute atomic E-state index is 12.7. The van der Waals surface area contributed by atoms with Crippen molar-refractivity contribution in [2.24, 2.45) is 12.8 Å². The van der Waals surface area contributed by atoms with E-state index in [4.69, 9.17) is 22.7 Å². The molecule has 1 unspecified atom stereocenters. The fourth-order valence-corrected chi connectivity index (χ4v) is 2.67. The second-order valence-corrected chi connectivity index (χ2v) is 5.47. The number of nitrogens with two attached hydrogens (primary N) is 1. The molecule has 7 heteroatoms. The highest BCUT2D eigenvalue weighted by atomic mass is 32.1. The Morgan fingerprint density at radius 3 is 3.00 bits per heavy atom. The first-order valence-electron chi connectivity index (χ1n) is 6.70. The van der Waals surface area contributed by atoms with Crippen LogP contribution in [0.5, 0.6) is 0 Å². The van der Waals surface area contributed by atoms with Crippen LogP contribution >= 0.6 is 12.2 Å². The minimum Gasteiger partial charge on any atom is -0.391 e. The lowest BCUT2D eigenvalue weighted by Crippen LogP contribution is -2.50. The van der Waals surface area contributed by atoms with Crippen molar-refractivity contribution in [2.45, 2.75) is 6.10 Å². The van der Waals surface area contributed by atoms with E-state index < -0.39 is 0 Å². The van der Waals surface area contributed by atoms with E-state index in [-0.39, 0.29) is 17.0 Å². The molecule has 21 heavy (non-hydrogen) atoms. The molecule has 1 saturated heterocycles. The Kier molecular flexibility index (Phi) is 3.60. The highest BCUT2D eigenvalue weighted by Gasteiger charge is 2.29. The Bertz CT molecular complexity index is 712. The molecule has 2 N–H and O–H groups in total. The fourth-order valence-electron chi connectivity index (χ4n) is 2.53. The molecular formula is C14H16N4O2S. The number of aromatic nitrogens is 2. The van der Waals surface area contributed by atoms with Crippen molar-refractivity contribution in [3.05, 3.63) is 30.0 Å². The highest BCUT2D eigenvalue weighted by molar-refractivity contribution is 7.80. The van der Waals surface area contributed by atoms with Crippen LogP contribution in [0.3, 0.4) is 0 Å². The number of carbonyl (C=O) groups excluding carboxylic acids is 1. The Balaban J connectivity index is 1.92. The number of amides is 1. The first-order chi connectivity index (χ1) is 10.1. The van der Waals surface area contributed by atoms with Gasteiger partial charge in [0.25, 0.3) is 5.91 Å². The van der Waals surface area contributed by atoms with E-state index in [2.05, 4.69) is 5.10 Å². The van der Waals surface area contributed by atoms with Gasteiger partial charge in [-0.25, -0.2) is 0 Å². The molecular weight excluding hydrogens is 288 g/mol. The van der Waals surface area contributed by atoms with Gasteiger partial charge in [0, 0.05) is 19.0 Å². The quantitative estimate of drug-likeness (QED) is 0.827. The lowest BCUT2D eigenvalue weighted by molar-refractivity contribution is 0.00856. The number of aryl methyl sites for hydroxylation is 1. The molecule has 2 heterocycles. The average molecular weight is 304 g/mol. The van der Waals surface area contributed by atoms with Gasteiger partial charge in [-0.15, -0.1) is 0 Å². The molecule has 0 aliphatic carbocycles. The molecule has 0 bridgehead atoms. The minimum absolute atomic E-state index is 0.114. The molecule has 0 spiro atoms. The number of benzene rings is 1. The normalized spacial score (nSPS) is 18.9. The molecule has 1 aliphatic rings. The third kappa shape index (κ3) is 2.50. The molecule has 0 saturated carbocycles. The zero-order valence-corrected chi connectivity index (χ0v) is 12.5. The third-order valence-electron chi connectivity index (χ3n) is 3.63. The zero-order valence-electron chi connectivity index (χ0n) is 11.7. The van der Waals surface area contributed by atoms with E-state index >= 15 is 0 Å². The smallest absolute Gasteiger partial charge is 0.275 e. The lowest BCUT2D eigenvalue weighted by atomic mass is 10.2. The van der Waals surface area contributed by atoms with Gasteiger partial charge in [-0.05, 0) is 6.07 Å². The minimum atomic E-state index is -0.382. The number of morpholine rings is 1. The van der Waals surface area contributed by atoms with Crippen LogP contribution in [0.25, 0.3) is 10.9 Å². The van der Waals surface area contributed by atoms with Crippen LogP contribution in [-0.4, -0.2) is 51.4 Å². The summed E-state index contributed by atoms with van der Waals surface area (Å²) < 4.78 is 7.18. The number of thiocarbonyl (C=S) groups is 1. The van der Waals surface area contributed by atoms with Crippen LogP contribution in [0.2, 0.25) is 0 Å². The topological polar surface area (TPSA) is 73.4 Å². The van der Waals surface area contributed by atoms with E-state index in [1.807, 2.05) is 31.3 Å². The second kappa shape index (κ2) is 5.42. The summed E-state index contributed by atoms with van der Waals surface area (Å²) in [6.45, 7) is 1.32. The fraction of sp³-hybridized carbons (Fsp3) is 0.357. The summed E-state index contributed by atoms with van der Waals surface area (Å²) in [4.78, 5) is 14.7. The van der Waals surface area contributed by atoms with Gasteiger partial charge in [-0.2, -0.15) is 5.10 Å². The van der Waals surface area contributed by atoms with Crippen LogP contribution in [0.4, 0.5) is 0 Å². The predicted molar refractivity (Wildman–Crippen MR) is 83.1 cm³/mol. The molecule has 110 valence electrons. The van der Waals surface area contributed by atoms with E-state index in [9.17, 15) is 4.79 Å². The van der Waals surface area contributed by atoms with Crippen molar-refractivity contribution in [2.75, 3.05) is 19.7 Å². The molecule has 0 radical (unpaired) electrons. The number of para-hydroxylation sites is 1. The maximum Gasteiger partial charge on any atom is 0.275 e. The Hall–Kier alpha value is -1.99. The predicted octanol–water partition coefficient (Wildman–Crippen LogP) is 0.700. The largest absolute Gasteiger partial charge is 0.391 e. The van der Waals surface area contributed by atoms with Crippen LogP contribution < -0.4 is 5.73 Å². The Labute approximate surface area is 127 Å². The van der Waals surface area contributed by atoms with Gasteiger partial charge in [0.2, 0.25) is 0 Å². The van der Waals surface area contributed by atoms with Gasteiger partial charge in [-0.1, -0.05) is 30.4 Å². The van der Waals surface area contributed by atoms with Gasteiger partial charge < -0.3 is 15.4 Å². The SMILES string of the molecule is Cn1nc(C(=O)N2CCOC(C(N)=S)C2)c2ccccc21. The summed E-state index contributed by atoms with van der Waals surface area (Å²) in [5.74, 6) is -0.114. The highest BCUT2D eigenvalue weighted by Crippen LogP contribution is 2.20. The van der Waals surface area contributed by atoms with Crippen LogP contribution in [-0.2, 0) is 11.8 Å². The number of hydrogen-bond acceptors (Lipinski definition) is 4. The van der Waals surface area contributed by atoms with E-state index in [1.54, 1.807) is 9.58 Å². The maximum atomic E-state index is 12.7. The number of nitrogens with zero attached hydrogens (tertiary/aromatic N) is 3. The lowest BCUT2D eigenvalue weighted by Gasteiger charge is -2.31. The van der Waals surface area contributed by atoms with E-state index in [1.165, 1.54) is 0 Å². The number of rotatable bonds is 2. The first-order valence-corrected chi connectivity index (χ1v) is 7.10. The van der Waals surface area contributed by atoms with Crippen molar-refractivity contribution in [1.29, 1.82) is 0 Å². The van der Waals surface area contributed by atoms with Crippen LogP contribution in [0, 0.1) is 0 Å². The summed E-state index contributed by atoms with van der Waals surface area (Å²) in [5.41, 5.74) is 7.00. The Morgan fingerprint density at radius 2 is 2.24 bits per heavy atom. The van der Waals surface area contributed by atoms with Crippen LogP contribution in [0.1, 0.15) is 10.5 Å². The molecule has 1 aliphatic heterocycles. The summed E-state index contributed by atoms with van der Waals surface area (Å²) in [5, 5.41) is 5.21. The second-order valence-electron chi connectivity index (χ2n) is 5.00. The van der Waals surface area contributed by atoms with Gasteiger partial charge >= 0.3 is 0 Å². The van der Waals surface area contributed by atoms with Crippen molar-refractivity contribution in [1.82, 2.24) is 14.7 Å². The zero-order chi connectivity index (χ0) is 15.0. The number of fused-ring (bicyclic) bond motifs is 1. The van der Waals surface area contributed by atoms with E-state index in [0.29, 0.717) is 25.4 Å². The molecule has 2 aromatic rings. The average Bonchev–Trinajstić information content (AvgIpc) is 2.84. The van der Waals surface area contributed by atoms with Crippen molar-refractivity contribution < 1.29 is 9.53 Å². The van der Waals surface area contributed by atoms with Crippen LogP contribution in [0.15, 0.2) is 24.3 Å². The molecule has 3 rings (SSSR count). The summed E-state index contributed by atoms with van der Waals surface area (Å²) in [7, 11) is 1.83. The number of hydrogen-bond donors (Lipinski definition) is 1. The van der Waals surface area contributed by atoms with Gasteiger partial charge in [0.05, 0.1) is 18.7 Å². The Morgan fingerprint density at radius 1 is 1.48 bits per heavy atom. The monoisotopic (exact) mass is 304 g/mol.